The summed E-state index contributed by atoms with van der Waals surface area (Å²) >= 11 is 12.1. The SMILES string of the molecule is C=C(/C=C\C(Cl)=C(/C)Cl)[C@@H]1C[C@@H](N(C)C(=O)CCCCCCCN)c2ccccc21. The van der Waals surface area contributed by atoms with Crippen molar-refractivity contribution in [3.05, 3.63) is 69.8 Å². The molecule has 3 nitrogen and oxygen atoms in total. The van der Waals surface area contributed by atoms with E-state index in [1.54, 1.807) is 13.0 Å². The third-order valence-corrected chi connectivity index (χ3v) is 6.58. The van der Waals surface area contributed by atoms with Gasteiger partial charge in [-0.15, -0.1) is 0 Å². The summed E-state index contributed by atoms with van der Waals surface area (Å²) < 4.78 is 0. The minimum atomic E-state index is 0.0712. The summed E-state index contributed by atoms with van der Waals surface area (Å²) in [5, 5.41) is 1.07. The van der Waals surface area contributed by atoms with Crippen molar-refractivity contribution in [3.8, 4) is 0 Å². The molecule has 2 atom stereocenters. The van der Waals surface area contributed by atoms with Gasteiger partial charge in [0.2, 0.25) is 5.91 Å². The van der Waals surface area contributed by atoms with Crippen LogP contribution in [0.4, 0.5) is 0 Å². The first-order chi connectivity index (χ1) is 14.4. The maximum atomic E-state index is 12.8. The maximum Gasteiger partial charge on any atom is 0.222 e. The number of carbonyl (C=O) groups is 1. The Balaban J connectivity index is 2.03. The molecule has 0 radical (unpaired) electrons. The molecule has 0 saturated heterocycles. The molecule has 0 spiro atoms. The van der Waals surface area contributed by atoms with Gasteiger partial charge in [0, 0.05) is 24.4 Å². The van der Waals surface area contributed by atoms with Gasteiger partial charge >= 0.3 is 0 Å². The zero-order valence-electron chi connectivity index (χ0n) is 18.2. The van der Waals surface area contributed by atoms with Crippen molar-refractivity contribution in [3.63, 3.8) is 0 Å². The van der Waals surface area contributed by atoms with Gasteiger partial charge in [-0.2, -0.15) is 0 Å². The van der Waals surface area contributed by atoms with E-state index < -0.39 is 0 Å². The van der Waals surface area contributed by atoms with Gasteiger partial charge in [-0.1, -0.05) is 79.4 Å². The van der Waals surface area contributed by atoms with E-state index in [2.05, 4.69) is 18.7 Å². The van der Waals surface area contributed by atoms with Crippen LogP contribution in [0.1, 0.15) is 75.0 Å². The second kappa shape index (κ2) is 12.3. The molecule has 0 fully saturated rings. The van der Waals surface area contributed by atoms with Crippen molar-refractivity contribution in [1.29, 1.82) is 0 Å². The van der Waals surface area contributed by atoms with Crippen LogP contribution in [0.2, 0.25) is 0 Å². The standard InChI is InChI=1S/C25H34Cl2N2O/c1-18(14-15-23(27)19(2)26)22-17-24(21-12-9-8-11-20(21)22)29(3)25(30)13-7-5-4-6-10-16-28/h8-9,11-12,14-15,22,24H,1,4-7,10,13,16-17,28H2,2-3H3/b15-14-,23-19-/t22-,24+/m0/s1. The number of nitrogens with two attached hydrogens (primary N) is 1. The monoisotopic (exact) mass is 448 g/mol. The van der Waals surface area contributed by atoms with Crippen LogP contribution in [0, 0.1) is 0 Å². The van der Waals surface area contributed by atoms with Crippen LogP contribution in [-0.4, -0.2) is 24.4 Å². The van der Waals surface area contributed by atoms with Crippen molar-refractivity contribution in [1.82, 2.24) is 4.90 Å². The number of halogens is 2. The average Bonchev–Trinajstić information content (AvgIpc) is 3.13. The third kappa shape index (κ3) is 6.73. The molecule has 1 aromatic rings. The number of hydrogen-bond donors (Lipinski definition) is 1. The van der Waals surface area contributed by atoms with Crippen molar-refractivity contribution in [2.24, 2.45) is 5.73 Å². The fraction of sp³-hybridized carbons (Fsp3) is 0.480. The number of benzene rings is 1. The predicted molar refractivity (Wildman–Crippen MR) is 129 cm³/mol. The summed E-state index contributed by atoms with van der Waals surface area (Å²) in [7, 11) is 1.93. The maximum absolute atomic E-state index is 12.8. The Labute approximate surface area is 191 Å². The Morgan fingerprint density at radius 3 is 2.43 bits per heavy atom. The van der Waals surface area contributed by atoms with E-state index in [0.29, 0.717) is 16.5 Å². The Morgan fingerprint density at radius 2 is 1.77 bits per heavy atom. The van der Waals surface area contributed by atoms with Gasteiger partial charge in [0.15, 0.2) is 0 Å². The van der Waals surface area contributed by atoms with Crippen molar-refractivity contribution < 1.29 is 4.79 Å². The largest absolute Gasteiger partial charge is 0.339 e. The van der Waals surface area contributed by atoms with Crippen LogP contribution < -0.4 is 5.73 Å². The minimum absolute atomic E-state index is 0.0712. The summed E-state index contributed by atoms with van der Waals surface area (Å²) in [6, 6.07) is 8.42. The van der Waals surface area contributed by atoms with E-state index >= 15 is 0 Å². The van der Waals surface area contributed by atoms with E-state index in [9.17, 15) is 4.79 Å². The molecule has 0 aromatic heterocycles. The highest BCUT2D eigenvalue weighted by Crippen LogP contribution is 2.46. The van der Waals surface area contributed by atoms with E-state index in [0.717, 1.165) is 50.6 Å². The topological polar surface area (TPSA) is 46.3 Å². The van der Waals surface area contributed by atoms with Crippen LogP contribution >= 0.6 is 23.2 Å². The Bertz CT molecular complexity index is 796. The van der Waals surface area contributed by atoms with Gasteiger partial charge in [-0.3, -0.25) is 4.79 Å². The molecular formula is C25H34Cl2N2O. The highest BCUT2D eigenvalue weighted by Gasteiger charge is 2.35. The molecule has 30 heavy (non-hydrogen) atoms. The Kier molecular flexibility index (Phi) is 10.2. The van der Waals surface area contributed by atoms with Crippen LogP contribution in [0.15, 0.2) is 58.6 Å². The predicted octanol–water partition coefficient (Wildman–Crippen LogP) is 6.79. The van der Waals surface area contributed by atoms with E-state index in [-0.39, 0.29) is 17.9 Å². The number of hydrogen-bond acceptors (Lipinski definition) is 2. The molecule has 164 valence electrons. The zero-order chi connectivity index (χ0) is 22.1. The lowest BCUT2D eigenvalue weighted by Crippen LogP contribution is -2.30. The molecule has 0 saturated carbocycles. The van der Waals surface area contributed by atoms with Crippen LogP contribution in [0.5, 0.6) is 0 Å². The minimum Gasteiger partial charge on any atom is -0.339 e. The molecule has 0 unspecified atom stereocenters. The highest BCUT2D eigenvalue weighted by molar-refractivity contribution is 6.39. The number of rotatable bonds is 11. The fourth-order valence-corrected chi connectivity index (χ4v) is 4.16. The van der Waals surface area contributed by atoms with Gasteiger partial charge in [-0.25, -0.2) is 0 Å². The average molecular weight is 449 g/mol. The quantitative estimate of drug-likeness (QED) is 0.299. The van der Waals surface area contributed by atoms with Crippen LogP contribution in [-0.2, 0) is 4.79 Å². The molecule has 0 aliphatic heterocycles. The van der Waals surface area contributed by atoms with Crippen molar-refractivity contribution in [2.45, 2.75) is 63.8 Å². The molecule has 2 N–H and O–H groups in total. The number of fused-ring (bicyclic) bond motifs is 1. The first-order valence-corrected chi connectivity index (χ1v) is 11.6. The summed E-state index contributed by atoms with van der Waals surface area (Å²) in [5.74, 6) is 0.369. The molecular weight excluding hydrogens is 415 g/mol. The zero-order valence-corrected chi connectivity index (χ0v) is 19.7. The molecule has 1 aromatic carbocycles. The third-order valence-electron chi connectivity index (χ3n) is 5.87. The molecule has 1 amide bonds. The fourth-order valence-electron chi connectivity index (χ4n) is 4.04. The van der Waals surface area contributed by atoms with Gasteiger partial charge in [0.25, 0.3) is 0 Å². The first kappa shape index (κ1) is 24.7. The number of amides is 1. The first-order valence-electron chi connectivity index (χ1n) is 10.8. The van der Waals surface area contributed by atoms with Crippen molar-refractivity contribution >= 4 is 29.1 Å². The second-order valence-corrected chi connectivity index (χ2v) is 9.01. The summed E-state index contributed by atoms with van der Waals surface area (Å²) in [6.45, 7) is 6.78. The normalized spacial score (nSPS) is 19.0. The Hall–Kier alpha value is -1.55. The number of nitrogens with zero attached hydrogens (tertiary/aromatic N) is 1. The van der Waals surface area contributed by atoms with E-state index in [4.69, 9.17) is 28.9 Å². The molecule has 0 bridgehead atoms. The van der Waals surface area contributed by atoms with Gasteiger partial charge < -0.3 is 10.6 Å². The van der Waals surface area contributed by atoms with Gasteiger partial charge in [-0.05, 0) is 55.5 Å². The van der Waals surface area contributed by atoms with E-state index in [1.165, 1.54) is 11.1 Å². The van der Waals surface area contributed by atoms with Crippen LogP contribution in [0.3, 0.4) is 0 Å². The van der Waals surface area contributed by atoms with Gasteiger partial charge in [0.1, 0.15) is 0 Å². The molecule has 5 heteroatoms. The summed E-state index contributed by atoms with van der Waals surface area (Å²) in [5.41, 5.74) is 8.96. The van der Waals surface area contributed by atoms with Crippen LogP contribution in [0.25, 0.3) is 0 Å². The van der Waals surface area contributed by atoms with Crippen molar-refractivity contribution in [2.75, 3.05) is 13.6 Å². The van der Waals surface area contributed by atoms with Gasteiger partial charge in [0.05, 0.1) is 11.1 Å². The smallest absolute Gasteiger partial charge is 0.222 e. The lowest BCUT2D eigenvalue weighted by Gasteiger charge is -2.26. The molecule has 0 heterocycles. The second-order valence-electron chi connectivity index (χ2n) is 8.03. The molecule has 2 rings (SSSR count). The highest BCUT2D eigenvalue weighted by atomic mass is 35.5. The number of allylic oxidation sites excluding steroid dienone is 5. The lowest BCUT2D eigenvalue weighted by atomic mass is 9.93. The molecule has 1 aliphatic carbocycles. The summed E-state index contributed by atoms with van der Waals surface area (Å²) in [4.78, 5) is 14.7. The Morgan fingerprint density at radius 1 is 1.13 bits per heavy atom. The molecule has 1 aliphatic rings. The lowest BCUT2D eigenvalue weighted by molar-refractivity contribution is -0.132. The number of unbranched alkanes of at least 4 members (excludes halogenated alkanes) is 4. The summed E-state index contributed by atoms with van der Waals surface area (Å²) in [6.07, 6.45) is 10.5. The number of carbonyl (C=O) groups excluding carboxylic acids is 1. The van der Waals surface area contributed by atoms with E-state index in [1.807, 2.05) is 30.2 Å².